The first-order valence-corrected chi connectivity index (χ1v) is 23.1. The van der Waals surface area contributed by atoms with Gasteiger partial charge >= 0.3 is 0 Å². The molecule has 298 valence electrons. The van der Waals surface area contributed by atoms with Crippen molar-refractivity contribution in [1.29, 1.82) is 0 Å². The van der Waals surface area contributed by atoms with Crippen molar-refractivity contribution in [2.75, 3.05) is 0 Å². The standard InChI is InChI=1S/C62H39NS/c1-5-22-50-42(15-1)43-16-2-6-23-51(43)60(50)54-35-41(39-31-29-38(30-32-39)40-33-34-49-48-21-11-14-28-58(48)64-59(49)37-40)36-55(61-52-24-7-3-17-44(52)45-18-4-8-25-53(45)61)62(54)63-56-26-12-9-19-46(56)47-20-10-13-27-57(47)63/h1-37,60-61H. The average molecular weight is 830 g/mol. The summed E-state index contributed by atoms with van der Waals surface area (Å²) in [6, 6.07) is 84.5. The SMILES string of the molecule is c1ccc2c(c1)-c1ccccc1C2c1cc(-c2ccc(-c3ccc4c(c3)sc3ccccc34)cc2)cc(C2c3ccccc3-c3ccccc32)c1-n1c2ccccc2c2ccccc21. The Balaban J connectivity index is 1.07. The maximum Gasteiger partial charge on any atom is 0.0545 e. The summed E-state index contributed by atoms with van der Waals surface area (Å²) >= 11 is 1.88. The summed E-state index contributed by atoms with van der Waals surface area (Å²) < 4.78 is 5.27. The average Bonchev–Trinajstić information content (AvgIpc) is 4.10. The van der Waals surface area contributed by atoms with Gasteiger partial charge in [0.2, 0.25) is 0 Å². The summed E-state index contributed by atoms with van der Waals surface area (Å²) in [5, 5.41) is 5.20. The second-order valence-corrected chi connectivity index (χ2v) is 18.6. The van der Waals surface area contributed by atoms with Crippen LogP contribution in [0.2, 0.25) is 0 Å². The molecule has 0 N–H and O–H groups in total. The lowest BCUT2D eigenvalue weighted by atomic mass is 9.80. The second kappa shape index (κ2) is 13.9. The van der Waals surface area contributed by atoms with E-state index in [1.807, 2.05) is 11.3 Å². The molecule has 2 aromatic heterocycles. The fraction of sp³-hybridized carbons (Fsp3) is 0.0323. The second-order valence-electron chi connectivity index (χ2n) is 17.5. The van der Waals surface area contributed by atoms with E-state index >= 15 is 0 Å². The third-order valence-corrected chi connectivity index (χ3v) is 15.3. The number of aromatic nitrogens is 1. The summed E-state index contributed by atoms with van der Waals surface area (Å²) in [5.74, 6) is 0.0282. The highest BCUT2D eigenvalue weighted by atomic mass is 32.1. The summed E-state index contributed by atoms with van der Waals surface area (Å²) in [6.45, 7) is 0. The van der Waals surface area contributed by atoms with Gasteiger partial charge in [-0.3, -0.25) is 0 Å². The number of hydrogen-bond donors (Lipinski definition) is 0. The minimum Gasteiger partial charge on any atom is -0.309 e. The lowest BCUT2D eigenvalue weighted by molar-refractivity contribution is 0.933. The predicted molar refractivity (Wildman–Crippen MR) is 270 cm³/mol. The maximum atomic E-state index is 2.61. The van der Waals surface area contributed by atoms with Crippen LogP contribution < -0.4 is 0 Å². The summed E-state index contributed by atoms with van der Waals surface area (Å²) in [5.41, 5.74) is 21.9. The zero-order valence-corrected chi connectivity index (χ0v) is 35.7. The largest absolute Gasteiger partial charge is 0.309 e. The minimum absolute atomic E-state index is 0.0141. The van der Waals surface area contributed by atoms with Crippen molar-refractivity contribution >= 4 is 53.3 Å². The third-order valence-electron chi connectivity index (χ3n) is 14.2. The number of fused-ring (bicyclic) bond motifs is 12. The van der Waals surface area contributed by atoms with Crippen LogP contribution in [0.25, 0.3) is 92.2 Å². The molecule has 2 heterocycles. The van der Waals surface area contributed by atoms with Crippen molar-refractivity contribution in [3.63, 3.8) is 0 Å². The molecule has 12 aromatic rings. The van der Waals surface area contributed by atoms with E-state index in [0.29, 0.717) is 0 Å². The molecule has 0 amide bonds. The molecule has 0 saturated heterocycles. The Morgan fingerprint density at radius 3 is 1.19 bits per heavy atom. The van der Waals surface area contributed by atoms with Crippen molar-refractivity contribution in [3.8, 4) is 50.2 Å². The fourth-order valence-electron chi connectivity index (χ4n) is 11.5. The predicted octanol–water partition coefficient (Wildman–Crippen LogP) is 16.8. The Morgan fingerprint density at radius 1 is 0.281 bits per heavy atom. The van der Waals surface area contributed by atoms with Crippen LogP contribution in [0.3, 0.4) is 0 Å². The zero-order valence-electron chi connectivity index (χ0n) is 34.9. The summed E-state index contributed by atoms with van der Waals surface area (Å²) in [4.78, 5) is 0. The number of benzene rings is 10. The van der Waals surface area contributed by atoms with Gasteiger partial charge in [-0.1, -0.05) is 188 Å². The zero-order chi connectivity index (χ0) is 41.9. The van der Waals surface area contributed by atoms with E-state index in [2.05, 4.69) is 229 Å². The van der Waals surface area contributed by atoms with Gasteiger partial charge in [-0.25, -0.2) is 0 Å². The summed E-state index contributed by atoms with van der Waals surface area (Å²) in [7, 11) is 0. The molecule has 0 unspecified atom stereocenters. The molecule has 0 spiro atoms. The molecular weight excluding hydrogens is 791 g/mol. The van der Waals surface area contributed by atoms with Gasteiger partial charge in [0.25, 0.3) is 0 Å². The minimum atomic E-state index is 0.0141. The molecule has 1 nitrogen and oxygen atoms in total. The van der Waals surface area contributed by atoms with Crippen molar-refractivity contribution in [2.24, 2.45) is 0 Å². The van der Waals surface area contributed by atoms with Crippen molar-refractivity contribution in [2.45, 2.75) is 11.8 Å². The van der Waals surface area contributed by atoms with Gasteiger partial charge in [0, 0.05) is 42.8 Å². The Labute approximate surface area is 375 Å². The highest BCUT2D eigenvalue weighted by Crippen LogP contribution is 2.55. The van der Waals surface area contributed by atoms with Crippen LogP contribution in [0.4, 0.5) is 0 Å². The highest BCUT2D eigenvalue weighted by molar-refractivity contribution is 7.25. The van der Waals surface area contributed by atoms with E-state index in [1.165, 1.54) is 126 Å². The monoisotopic (exact) mass is 829 g/mol. The van der Waals surface area contributed by atoms with Gasteiger partial charge in [0.15, 0.2) is 0 Å². The first-order chi connectivity index (χ1) is 31.8. The van der Waals surface area contributed by atoms with Crippen LogP contribution in [0, 0.1) is 0 Å². The van der Waals surface area contributed by atoms with Gasteiger partial charge in [-0.05, 0) is 114 Å². The van der Waals surface area contributed by atoms with E-state index in [4.69, 9.17) is 0 Å². The molecule has 0 fully saturated rings. The maximum absolute atomic E-state index is 2.61. The molecular formula is C62H39NS. The molecule has 0 bridgehead atoms. The van der Waals surface area contributed by atoms with E-state index in [0.717, 1.165) is 0 Å². The molecule has 2 heteroatoms. The van der Waals surface area contributed by atoms with Crippen LogP contribution in [-0.2, 0) is 0 Å². The third kappa shape index (κ3) is 5.18. The number of nitrogens with zero attached hydrogens (tertiary/aromatic N) is 1. The highest BCUT2D eigenvalue weighted by Gasteiger charge is 2.37. The first kappa shape index (κ1) is 35.8. The molecule has 14 rings (SSSR count). The van der Waals surface area contributed by atoms with Crippen LogP contribution in [0.15, 0.2) is 224 Å². The van der Waals surface area contributed by atoms with Crippen LogP contribution in [0.5, 0.6) is 0 Å². The van der Waals surface area contributed by atoms with Crippen LogP contribution in [0.1, 0.15) is 45.2 Å². The van der Waals surface area contributed by atoms with Gasteiger partial charge in [0.1, 0.15) is 0 Å². The van der Waals surface area contributed by atoms with E-state index < -0.39 is 0 Å². The molecule has 64 heavy (non-hydrogen) atoms. The molecule has 2 aliphatic carbocycles. The number of hydrogen-bond acceptors (Lipinski definition) is 1. The molecule has 0 atom stereocenters. The van der Waals surface area contributed by atoms with Gasteiger partial charge in [-0.15, -0.1) is 11.3 Å². The summed E-state index contributed by atoms with van der Waals surface area (Å²) in [6.07, 6.45) is 0. The quantitative estimate of drug-likeness (QED) is 0.163. The molecule has 0 saturated carbocycles. The Bertz CT molecular complexity index is 3600. The number of rotatable bonds is 5. The van der Waals surface area contributed by atoms with E-state index in [1.54, 1.807) is 0 Å². The lowest BCUT2D eigenvalue weighted by Gasteiger charge is -2.28. The van der Waals surface area contributed by atoms with E-state index in [-0.39, 0.29) is 11.8 Å². The van der Waals surface area contributed by atoms with Gasteiger partial charge in [0.05, 0.1) is 16.7 Å². The lowest BCUT2D eigenvalue weighted by Crippen LogP contribution is -2.13. The molecule has 0 aliphatic heterocycles. The van der Waals surface area contributed by atoms with Crippen molar-refractivity contribution in [3.05, 3.63) is 258 Å². The van der Waals surface area contributed by atoms with Gasteiger partial charge < -0.3 is 4.57 Å². The topological polar surface area (TPSA) is 4.93 Å². The van der Waals surface area contributed by atoms with E-state index in [9.17, 15) is 0 Å². The Morgan fingerprint density at radius 2 is 0.672 bits per heavy atom. The molecule has 10 aromatic carbocycles. The molecule has 2 aliphatic rings. The number of para-hydroxylation sites is 2. The van der Waals surface area contributed by atoms with Crippen LogP contribution in [-0.4, -0.2) is 4.57 Å². The normalized spacial score (nSPS) is 13.2. The first-order valence-electron chi connectivity index (χ1n) is 22.3. The smallest absolute Gasteiger partial charge is 0.0545 e. The van der Waals surface area contributed by atoms with Crippen LogP contribution >= 0.6 is 11.3 Å². The number of thiophene rings is 1. The van der Waals surface area contributed by atoms with Gasteiger partial charge in [-0.2, -0.15) is 0 Å². The Hall–Kier alpha value is -7.78. The van der Waals surface area contributed by atoms with Crippen molar-refractivity contribution < 1.29 is 0 Å². The molecule has 0 radical (unpaired) electrons. The fourth-order valence-corrected chi connectivity index (χ4v) is 12.6. The Kier molecular flexibility index (Phi) is 7.75. The van der Waals surface area contributed by atoms with Crippen molar-refractivity contribution in [1.82, 2.24) is 4.57 Å².